The van der Waals surface area contributed by atoms with Gasteiger partial charge in [0.1, 0.15) is 11.6 Å². The van der Waals surface area contributed by atoms with Crippen LogP contribution in [0.2, 0.25) is 0 Å². The number of hydrogen-bond donors (Lipinski definition) is 2. The number of nitrogens with one attached hydrogen (secondary N) is 1. The van der Waals surface area contributed by atoms with Crippen LogP contribution in [-0.4, -0.2) is 65.7 Å². The maximum Gasteiger partial charge on any atom is 0.254 e. The predicted molar refractivity (Wildman–Crippen MR) is 121 cm³/mol. The van der Waals surface area contributed by atoms with E-state index in [9.17, 15) is 19.1 Å². The van der Waals surface area contributed by atoms with Crippen LogP contribution in [0.5, 0.6) is 5.75 Å². The van der Waals surface area contributed by atoms with E-state index >= 15 is 0 Å². The fraction of sp³-hybridized carbons (Fsp3) is 0.375. The molecule has 8 heteroatoms. The topological polar surface area (TPSA) is 85.2 Å². The molecule has 0 aromatic heterocycles. The van der Waals surface area contributed by atoms with Gasteiger partial charge in [0.2, 0.25) is 0 Å². The molecule has 2 amide bonds. The van der Waals surface area contributed by atoms with Crippen LogP contribution in [0.4, 0.5) is 4.39 Å². The number of hydrogen-bond acceptors (Lipinski definition) is 5. The fourth-order valence-corrected chi connectivity index (χ4v) is 3.64. The molecule has 170 valence electrons. The summed E-state index contributed by atoms with van der Waals surface area (Å²) in [5.41, 5.74) is 4.92. The molecule has 1 aliphatic rings. The van der Waals surface area contributed by atoms with E-state index in [0.717, 1.165) is 12.0 Å². The molecule has 0 aliphatic carbocycles. The van der Waals surface area contributed by atoms with Gasteiger partial charge in [0, 0.05) is 37.3 Å². The van der Waals surface area contributed by atoms with Crippen LogP contribution in [0.15, 0.2) is 41.5 Å². The van der Waals surface area contributed by atoms with Gasteiger partial charge in [-0.25, -0.2) is 9.82 Å². The summed E-state index contributed by atoms with van der Waals surface area (Å²) in [6.45, 7) is 6.31. The third-order valence-electron chi connectivity index (χ3n) is 5.42. The van der Waals surface area contributed by atoms with E-state index in [1.165, 1.54) is 18.3 Å². The number of carbonyl (C=O) groups excluding carboxylic acids is 2. The largest absolute Gasteiger partial charge is 0.507 e. The molecule has 2 N–H and O–H groups in total. The van der Waals surface area contributed by atoms with Crippen molar-refractivity contribution in [1.29, 1.82) is 0 Å². The summed E-state index contributed by atoms with van der Waals surface area (Å²) in [5, 5.41) is 14.1. The summed E-state index contributed by atoms with van der Waals surface area (Å²) in [6.07, 6.45) is 2.57. The molecule has 1 heterocycles. The first-order valence-electron chi connectivity index (χ1n) is 10.8. The highest BCUT2D eigenvalue weighted by Gasteiger charge is 2.23. The minimum atomic E-state index is -0.461. The number of carbonyl (C=O) groups is 2. The minimum absolute atomic E-state index is 0.00366. The number of aryl methyl sites for hydroxylation is 2. The molecule has 7 nitrogen and oxygen atoms in total. The Bertz CT molecular complexity index is 983. The summed E-state index contributed by atoms with van der Waals surface area (Å²) in [5.74, 6) is -0.807. The molecule has 3 rings (SSSR count). The molecular formula is C24H29FN4O3. The number of amides is 2. The lowest BCUT2D eigenvalue weighted by molar-refractivity contribution is -0.122. The quantitative estimate of drug-likeness (QED) is 0.512. The average Bonchev–Trinajstić information content (AvgIpc) is 2.77. The first-order valence-corrected chi connectivity index (χ1v) is 10.8. The van der Waals surface area contributed by atoms with Gasteiger partial charge in [0.15, 0.2) is 0 Å². The molecule has 2 aromatic rings. The van der Waals surface area contributed by atoms with Crippen molar-refractivity contribution in [1.82, 2.24) is 15.2 Å². The molecule has 1 aliphatic heterocycles. The molecule has 0 unspecified atom stereocenters. The van der Waals surface area contributed by atoms with Gasteiger partial charge in [-0.2, -0.15) is 5.10 Å². The number of hydrazone groups is 1. The van der Waals surface area contributed by atoms with Gasteiger partial charge < -0.3 is 10.0 Å². The molecule has 0 bridgehead atoms. The van der Waals surface area contributed by atoms with Crippen molar-refractivity contribution in [2.75, 3.05) is 32.7 Å². The SMILES string of the molecule is CCCc1cc(F)cc(/C=N/NC(=O)CN2CCN(C(=O)c3ccc(C)cc3)CC2)c1O. The molecule has 1 saturated heterocycles. The third-order valence-corrected chi connectivity index (χ3v) is 5.42. The maximum absolute atomic E-state index is 13.7. The van der Waals surface area contributed by atoms with E-state index in [-0.39, 0.29) is 29.7 Å². The predicted octanol–water partition coefficient (Wildman–Crippen LogP) is 2.70. The second-order valence-corrected chi connectivity index (χ2v) is 7.98. The summed E-state index contributed by atoms with van der Waals surface area (Å²) >= 11 is 0. The summed E-state index contributed by atoms with van der Waals surface area (Å²) < 4.78 is 13.7. The van der Waals surface area contributed by atoms with E-state index < -0.39 is 5.82 Å². The second kappa shape index (κ2) is 10.9. The zero-order valence-corrected chi connectivity index (χ0v) is 18.5. The number of rotatable bonds is 7. The molecule has 2 aromatic carbocycles. The minimum Gasteiger partial charge on any atom is -0.507 e. The Morgan fingerprint density at radius 1 is 1.16 bits per heavy atom. The fourth-order valence-electron chi connectivity index (χ4n) is 3.64. The van der Waals surface area contributed by atoms with Gasteiger partial charge >= 0.3 is 0 Å². The standard InChI is InChI=1S/C24H29FN4O3/c1-3-4-19-13-21(25)14-20(23(19)31)15-26-27-22(30)16-28-9-11-29(12-10-28)24(32)18-7-5-17(2)6-8-18/h5-8,13-15,31H,3-4,9-12,16H2,1-2H3,(H,27,30)/b26-15+. The lowest BCUT2D eigenvalue weighted by Gasteiger charge is -2.34. The number of nitrogens with zero attached hydrogens (tertiary/aromatic N) is 3. The van der Waals surface area contributed by atoms with Crippen molar-refractivity contribution in [3.8, 4) is 5.75 Å². The van der Waals surface area contributed by atoms with Gasteiger partial charge in [-0.1, -0.05) is 31.0 Å². The van der Waals surface area contributed by atoms with Gasteiger partial charge in [0.25, 0.3) is 11.8 Å². The first-order chi connectivity index (χ1) is 15.4. The van der Waals surface area contributed by atoms with Crippen molar-refractivity contribution in [3.63, 3.8) is 0 Å². The highest BCUT2D eigenvalue weighted by molar-refractivity contribution is 5.94. The maximum atomic E-state index is 13.7. The highest BCUT2D eigenvalue weighted by atomic mass is 19.1. The Kier molecular flexibility index (Phi) is 7.94. The summed E-state index contributed by atoms with van der Waals surface area (Å²) in [4.78, 5) is 28.5. The Morgan fingerprint density at radius 3 is 2.50 bits per heavy atom. The average molecular weight is 441 g/mol. The van der Waals surface area contributed by atoms with Gasteiger partial charge in [0.05, 0.1) is 12.8 Å². The Morgan fingerprint density at radius 2 is 1.84 bits per heavy atom. The monoisotopic (exact) mass is 440 g/mol. The lowest BCUT2D eigenvalue weighted by Crippen LogP contribution is -2.50. The molecule has 0 atom stereocenters. The number of phenolic OH excluding ortho intramolecular Hbond substituents is 1. The van der Waals surface area contributed by atoms with E-state index in [0.29, 0.717) is 43.7 Å². The van der Waals surface area contributed by atoms with Gasteiger partial charge in [-0.15, -0.1) is 0 Å². The van der Waals surface area contributed by atoms with Crippen LogP contribution in [0, 0.1) is 12.7 Å². The number of halogens is 1. The highest BCUT2D eigenvalue weighted by Crippen LogP contribution is 2.24. The van der Waals surface area contributed by atoms with Crippen LogP contribution < -0.4 is 5.43 Å². The molecule has 0 spiro atoms. The third kappa shape index (κ3) is 6.13. The summed E-state index contributed by atoms with van der Waals surface area (Å²) in [7, 11) is 0. The van der Waals surface area contributed by atoms with E-state index in [2.05, 4.69) is 10.5 Å². The van der Waals surface area contributed by atoms with Crippen LogP contribution in [0.1, 0.15) is 40.4 Å². The summed E-state index contributed by atoms with van der Waals surface area (Å²) in [6, 6.07) is 9.98. The molecular weight excluding hydrogens is 411 g/mol. The van der Waals surface area contributed by atoms with Crippen molar-refractivity contribution in [2.45, 2.75) is 26.7 Å². The zero-order valence-electron chi connectivity index (χ0n) is 18.5. The van der Waals surface area contributed by atoms with Crippen LogP contribution in [-0.2, 0) is 11.2 Å². The van der Waals surface area contributed by atoms with Crippen molar-refractivity contribution < 1.29 is 19.1 Å². The lowest BCUT2D eigenvalue weighted by atomic mass is 10.1. The first kappa shape index (κ1) is 23.4. The Labute approximate surface area is 187 Å². The van der Waals surface area contributed by atoms with E-state index in [1.807, 2.05) is 43.0 Å². The van der Waals surface area contributed by atoms with Crippen molar-refractivity contribution in [3.05, 3.63) is 64.5 Å². The number of phenols is 1. The van der Waals surface area contributed by atoms with Crippen molar-refractivity contribution in [2.24, 2.45) is 5.10 Å². The van der Waals surface area contributed by atoms with E-state index in [4.69, 9.17) is 0 Å². The Balaban J connectivity index is 1.47. The second-order valence-electron chi connectivity index (χ2n) is 7.98. The van der Waals surface area contributed by atoms with Crippen LogP contribution >= 0.6 is 0 Å². The zero-order chi connectivity index (χ0) is 23.1. The number of aromatic hydroxyl groups is 1. The number of piperazine rings is 1. The normalized spacial score (nSPS) is 14.7. The molecule has 32 heavy (non-hydrogen) atoms. The number of benzene rings is 2. The molecule has 0 saturated carbocycles. The van der Waals surface area contributed by atoms with E-state index in [1.54, 1.807) is 4.90 Å². The molecule has 1 fully saturated rings. The van der Waals surface area contributed by atoms with Gasteiger partial charge in [-0.3, -0.25) is 14.5 Å². The van der Waals surface area contributed by atoms with Gasteiger partial charge in [-0.05, 0) is 43.2 Å². The smallest absolute Gasteiger partial charge is 0.254 e. The van der Waals surface area contributed by atoms with Crippen LogP contribution in [0.25, 0.3) is 0 Å². The van der Waals surface area contributed by atoms with Crippen molar-refractivity contribution >= 4 is 18.0 Å². The Hall–Kier alpha value is -3.26. The molecule has 0 radical (unpaired) electrons. The van der Waals surface area contributed by atoms with Crippen LogP contribution in [0.3, 0.4) is 0 Å².